The summed E-state index contributed by atoms with van der Waals surface area (Å²) in [6.45, 7) is 3.26. The van der Waals surface area contributed by atoms with Gasteiger partial charge in [0.15, 0.2) is 0 Å². The third-order valence-corrected chi connectivity index (χ3v) is 4.36. The van der Waals surface area contributed by atoms with Crippen molar-refractivity contribution in [3.8, 4) is 0 Å². The highest BCUT2D eigenvalue weighted by Crippen LogP contribution is 2.18. The van der Waals surface area contributed by atoms with Crippen LogP contribution in [0, 0.1) is 0 Å². The minimum absolute atomic E-state index is 0.0554. The highest BCUT2D eigenvalue weighted by atomic mass is 79.9. The van der Waals surface area contributed by atoms with Gasteiger partial charge in [0.1, 0.15) is 0 Å². The first kappa shape index (κ1) is 14.5. The lowest BCUT2D eigenvalue weighted by atomic mass is 10.1. The van der Waals surface area contributed by atoms with Crippen molar-refractivity contribution in [3.05, 3.63) is 42.1 Å². The van der Waals surface area contributed by atoms with Crippen molar-refractivity contribution in [3.63, 3.8) is 0 Å². The summed E-state index contributed by atoms with van der Waals surface area (Å²) in [5, 5.41) is 1.73. The quantitative estimate of drug-likeness (QED) is 0.783. The van der Waals surface area contributed by atoms with Gasteiger partial charge in [-0.25, -0.2) is 0 Å². The highest BCUT2D eigenvalue weighted by Gasteiger charge is 2.28. The summed E-state index contributed by atoms with van der Waals surface area (Å²) < 4.78 is 5.77. The summed E-state index contributed by atoms with van der Waals surface area (Å²) in [5.41, 5.74) is 1.61. The van der Waals surface area contributed by atoms with Gasteiger partial charge in [0.2, 0.25) is 0 Å². The largest absolute Gasteiger partial charge is 0.371 e. The number of benzene rings is 1. The molecule has 2 atom stereocenters. The van der Waals surface area contributed by atoms with E-state index in [1.165, 1.54) is 0 Å². The summed E-state index contributed by atoms with van der Waals surface area (Å²) >= 11 is 3.43. The maximum atomic E-state index is 12.7. The second-order valence-electron chi connectivity index (χ2n) is 5.34. The Balaban J connectivity index is 1.85. The molecule has 0 spiro atoms. The summed E-state index contributed by atoms with van der Waals surface area (Å²) in [6, 6.07) is 9.51. The number of halogens is 1. The van der Waals surface area contributed by atoms with Gasteiger partial charge in [0.05, 0.1) is 17.7 Å². The lowest BCUT2D eigenvalue weighted by molar-refractivity contribution is -0.0559. The van der Waals surface area contributed by atoms with Crippen molar-refractivity contribution in [2.24, 2.45) is 0 Å². The van der Waals surface area contributed by atoms with Crippen LogP contribution in [0.3, 0.4) is 0 Å². The summed E-state index contributed by atoms with van der Waals surface area (Å²) in [6.07, 6.45) is 1.88. The molecule has 2 aromatic rings. The SMILES string of the molecule is CC1CN(C(=O)c2ccc3ncccc3c2)CC(CBr)O1. The molecule has 110 valence electrons. The van der Waals surface area contributed by atoms with Crippen LogP contribution in [-0.4, -0.2) is 46.4 Å². The molecule has 3 rings (SSSR count). The van der Waals surface area contributed by atoms with Gasteiger partial charge in [-0.3, -0.25) is 9.78 Å². The average molecular weight is 349 g/mol. The fraction of sp³-hybridized carbons (Fsp3) is 0.375. The molecule has 0 N–H and O–H groups in total. The second-order valence-corrected chi connectivity index (χ2v) is 5.99. The number of carbonyl (C=O) groups excluding carboxylic acids is 1. The smallest absolute Gasteiger partial charge is 0.254 e. The van der Waals surface area contributed by atoms with Crippen molar-refractivity contribution >= 4 is 32.7 Å². The van der Waals surface area contributed by atoms with Crippen molar-refractivity contribution in [1.82, 2.24) is 9.88 Å². The molecule has 2 unspecified atom stereocenters. The Kier molecular flexibility index (Phi) is 4.22. The number of alkyl halides is 1. The Morgan fingerprint density at radius 2 is 2.29 bits per heavy atom. The molecule has 5 heteroatoms. The number of carbonyl (C=O) groups is 1. The van der Waals surface area contributed by atoms with Gasteiger partial charge in [-0.2, -0.15) is 0 Å². The minimum Gasteiger partial charge on any atom is -0.371 e. The van der Waals surface area contributed by atoms with Crippen molar-refractivity contribution in [2.75, 3.05) is 18.4 Å². The third-order valence-electron chi connectivity index (χ3n) is 3.64. The minimum atomic E-state index is 0.0554. The second kappa shape index (κ2) is 6.12. The first-order valence-corrected chi connectivity index (χ1v) is 8.15. The van der Waals surface area contributed by atoms with Gasteiger partial charge in [-0.15, -0.1) is 0 Å². The van der Waals surface area contributed by atoms with Gasteiger partial charge in [0.25, 0.3) is 5.91 Å². The molecule has 0 saturated carbocycles. The van der Waals surface area contributed by atoms with Crippen LogP contribution in [0.15, 0.2) is 36.5 Å². The molecule has 1 saturated heterocycles. The van der Waals surface area contributed by atoms with Crippen LogP contribution in [0.25, 0.3) is 10.9 Å². The zero-order valence-corrected chi connectivity index (χ0v) is 13.4. The Morgan fingerprint density at radius 1 is 1.43 bits per heavy atom. The van der Waals surface area contributed by atoms with E-state index >= 15 is 0 Å². The van der Waals surface area contributed by atoms with E-state index in [2.05, 4.69) is 20.9 Å². The normalized spacial score (nSPS) is 22.5. The van der Waals surface area contributed by atoms with Gasteiger partial charge >= 0.3 is 0 Å². The van der Waals surface area contributed by atoms with Crippen LogP contribution in [0.5, 0.6) is 0 Å². The van der Waals surface area contributed by atoms with Crippen molar-refractivity contribution < 1.29 is 9.53 Å². The van der Waals surface area contributed by atoms with Gasteiger partial charge < -0.3 is 9.64 Å². The first-order chi connectivity index (χ1) is 10.2. The molecule has 2 heterocycles. The van der Waals surface area contributed by atoms with Crippen LogP contribution in [0.1, 0.15) is 17.3 Å². The number of pyridine rings is 1. The average Bonchev–Trinajstić information content (AvgIpc) is 2.53. The number of nitrogens with zero attached hydrogens (tertiary/aromatic N) is 2. The van der Waals surface area contributed by atoms with E-state index in [9.17, 15) is 4.79 Å². The number of rotatable bonds is 2. The lowest BCUT2D eigenvalue weighted by Gasteiger charge is -2.36. The number of fused-ring (bicyclic) bond motifs is 1. The maximum absolute atomic E-state index is 12.7. The molecular formula is C16H17BrN2O2. The van der Waals surface area contributed by atoms with Crippen molar-refractivity contribution in [2.45, 2.75) is 19.1 Å². The molecule has 1 aromatic heterocycles. The number of hydrogen-bond donors (Lipinski definition) is 0. The fourth-order valence-corrected chi connectivity index (χ4v) is 3.04. The Bertz CT molecular complexity index is 662. The molecule has 4 nitrogen and oxygen atoms in total. The molecule has 1 amide bonds. The number of hydrogen-bond acceptors (Lipinski definition) is 3. The molecule has 0 bridgehead atoms. The van der Waals surface area contributed by atoms with E-state index in [1.54, 1.807) is 6.20 Å². The topological polar surface area (TPSA) is 42.4 Å². The summed E-state index contributed by atoms with van der Waals surface area (Å²) in [7, 11) is 0. The monoisotopic (exact) mass is 348 g/mol. The number of amides is 1. The van der Waals surface area contributed by atoms with Gasteiger partial charge in [-0.1, -0.05) is 22.0 Å². The molecule has 0 aliphatic carbocycles. The van der Waals surface area contributed by atoms with E-state index in [0.717, 1.165) is 16.2 Å². The zero-order chi connectivity index (χ0) is 14.8. The fourth-order valence-electron chi connectivity index (χ4n) is 2.69. The molecule has 21 heavy (non-hydrogen) atoms. The van der Waals surface area contributed by atoms with Crippen LogP contribution in [0.2, 0.25) is 0 Å². The number of aromatic nitrogens is 1. The molecule has 1 aromatic carbocycles. The zero-order valence-electron chi connectivity index (χ0n) is 11.8. The molecule has 1 aliphatic rings. The van der Waals surface area contributed by atoms with E-state index in [1.807, 2.05) is 42.2 Å². The maximum Gasteiger partial charge on any atom is 0.254 e. The first-order valence-electron chi connectivity index (χ1n) is 7.03. The van der Waals surface area contributed by atoms with E-state index in [4.69, 9.17) is 4.74 Å². The predicted octanol–water partition coefficient (Wildman–Crippen LogP) is 2.86. The van der Waals surface area contributed by atoms with E-state index in [0.29, 0.717) is 18.7 Å². The van der Waals surface area contributed by atoms with Gasteiger partial charge in [-0.05, 0) is 31.2 Å². The number of ether oxygens (including phenoxy) is 1. The molecule has 1 fully saturated rings. The van der Waals surface area contributed by atoms with Crippen LogP contribution in [-0.2, 0) is 4.74 Å². The Hall–Kier alpha value is -1.46. The van der Waals surface area contributed by atoms with E-state index in [-0.39, 0.29) is 18.1 Å². The third kappa shape index (κ3) is 3.09. The summed E-state index contributed by atoms with van der Waals surface area (Å²) in [5.74, 6) is 0.0573. The van der Waals surface area contributed by atoms with Crippen LogP contribution < -0.4 is 0 Å². The van der Waals surface area contributed by atoms with E-state index < -0.39 is 0 Å². The Morgan fingerprint density at radius 3 is 3.10 bits per heavy atom. The Labute approximate surface area is 132 Å². The molecule has 1 aliphatic heterocycles. The van der Waals surface area contributed by atoms with Crippen molar-refractivity contribution in [1.29, 1.82) is 0 Å². The van der Waals surface area contributed by atoms with Crippen LogP contribution >= 0.6 is 15.9 Å². The highest BCUT2D eigenvalue weighted by molar-refractivity contribution is 9.09. The lowest BCUT2D eigenvalue weighted by Crippen LogP contribution is -2.49. The molecule has 0 radical (unpaired) electrons. The summed E-state index contributed by atoms with van der Waals surface area (Å²) in [4.78, 5) is 18.8. The number of morpholine rings is 1. The molecular weight excluding hydrogens is 332 g/mol. The van der Waals surface area contributed by atoms with Gasteiger partial charge in [0, 0.05) is 35.6 Å². The standard InChI is InChI=1S/C16H17BrN2O2/c1-11-9-19(10-14(8-17)21-11)16(20)13-4-5-15-12(7-13)3-2-6-18-15/h2-7,11,14H,8-10H2,1H3. The predicted molar refractivity (Wildman–Crippen MR) is 85.8 cm³/mol. The van der Waals surface area contributed by atoms with Crippen LogP contribution in [0.4, 0.5) is 0 Å².